The average molecular weight is 220 g/mol. The van der Waals surface area contributed by atoms with Crippen LogP contribution < -0.4 is 16.0 Å². The topological polar surface area (TPSA) is 47.3 Å². The van der Waals surface area contributed by atoms with Crippen molar-refractivity contribution in [2.75, 3.05) is 7.11 Å². The maximum atomic E-state index is 12.4. The molecule has 0 heterocycles. The van der Waals surface area contributed by atoms with Crippen molar-refractivity contribution >= 4 is 0 Å². The van der Waals surface area contributed by atoms with Crippen LogP contribution in [0.1, 0.15) is 11.1 Å². The van der Waals surface area contributed by atoms with Crippen molar-refractivity contribution in [2.45, 2.75) is 12.7 Å². The Kier molecular flexibility index (Phi) is 3.54. The van der Waals surface area contributed by atoms with Crippen LogP contribution in [0.15, 0.2) is 18.2 Å². The zero-order chi connectivity index (χ0) is 11.5. The first-order valence-corrected chi connectivity index (χ1v) is 4.16. The van der Waals surface area contributed by atoms with E-state index in [-0.39, 0.29) is 12.3 Å². The van der Waals surface area contributed by atoms with Gasteiger partial charge in [0.2, 0.25) is 0 Å². The zero-order valence-electron chi connectivity index (χ0n) is 8.06. The van der Waals surface area contributed by atoms with Gasteiger partial charge in [-0.15, -0.1) is 0 Å². The number of ether oxygens (including phenoxy) is 1. The molecule has 0 unspecified atom stereocenters. The molecule has 0 bridgehead atoms. The highest BCUT2D eigenvalue weighted by molar-refractivity contribution is 5.39. The fourth-order valence-corrected chi connectivity index (χ4v) is 1.20. The molecule has 84 valence electrons. The van der Waals surface area contributed by atoms with Crippen LogP contribution in [0, 0.1) is 0 Å². The van der Waals surface area contributed by atoms with Crippen LogP contribution in [0.3, 0.4) is 0 Å². The summed E-state index contributed by atoms with van der Waals surface area (Å²) in [6, 6.07) is 3.64. The molecule has 0 aliphatic heterocycles. The molecule has 0 amide bonds. The number of methoxy groups -OCH3 is 1. The molecule has 3 nitrogen and oxygen atoms in total. The number of nitrogens with two attached hydrogens (primary N) is 1. The van der Waals surface area contributed by atoms with E-state index in [0.717, 1.165) is 6.07 Å². The second kappa shape index (κ2) is 4.50. The molecule has 1 rings (SSSR count). The van der Waals surface area contributed by atoms with E-state index in [0.29, 0.717) is 5.56 Å². The monoisotopic (exact) mass is 220 g/mol. The van der Waals surface area contributed by atoms with Gasteiger partial charge < -0.3 is 4.74 Å². The van der Waals surface area contributed by atoms with Crippen molar-refractivity contribution in [3.05, 3.63) is 29.3 Å². The second-order valence-corrected chi connectivity index (χ2v) is 2.91. The van der Waals surface area contributed by atoms with Crippen LogP contribution in [0.4, 0.5) is 13.2 Å². The highest BCUT2D eigenvalue weighted by atomic mass is 19.4. The van der Waals surface area contributed by atoms with Gasteiger partial charge in [0.05, 0.1) is 12.7 Å². The largest absolute Gasteiger partial charge is 0.496 e. The smallest absolute Gasteiger partial charge is 0.419 e. The summed E-state index contributed by atoms with van der Waals surface area (Å²) in [7, 11) is 1.20. The molecule has 1 aromatic carbocycles. The van der Waals surface area contributed by atoms with Crippen molar-refractivity contribution < 1.29 is 17.9 Å². The van der Waals surface area contributed by atoms with E-state index in [9.17, 15) is 13.2 Å². The first-order valence-electron chi connectivity index (χ1n) is 4.16. The summed E-state index contributed by atoms with van der Waals surface area (Å²) >= 11 is 0. The maximum Gasteiger partial charge on any atom is 0.419 e. The minimum Gasteiger partial charge on any atom is -0.496 e. The molecule has 1 aromatic rings. The van der Waals surface area contributed by atoms with E-state index >= 15 is 0 Å². The summed E-state index contributed by atoms with van der Waals surface area (Å²) in [5.41, 5.74) is 2.20. The van der Waals surface area contributed by atoms with Gasteiger partial charge in [0, 0.05) is 6.54 Å². The predicted octanol–water partition coefficient (Wildman–Crippen LogP) is 1.68. The number of rotatable bonds is 3. The Morgan fingerprint density at radius 2 is 2.07 bits per heavy atom. The van der Waals surface area contributed by atoms with Gasteiger partial charge >= 0.3 is 6.18 Å². The first-order chi connectivity index (χ1) is 6.99. The number of hydrazine groups is 1. The summed E-state index contributed by atoms with van der Waals surface area (Å²) in [6.07, 6.45) is -4.40. The minimum atomic E-state index is -4.40. The van der Waals surface area contributed by atoms with Crippen molar-refractivity contribution in [1.82, 2.24) is 5.43 Å². The van der Waals surface area contributed by atoms with Crippen LogP contribution in [-0.4, -0.2) is 7.11 Å². The van der Waals surface area contributed by atoms with Gasteiger partial charge in [0.15, 0.2) is 0 Å². The lowest BCUT2D eigenvalue weighted by molar-refractivity contribution is -0.138. The lowest BCUT2D eigenvalue weighted by Crippen LogP contribution is -2.21. The van der Waals surface area contributed by atoms with Gasteiger partial charge in [0.1, 0.15) is 5.75 Å². The summed E-state index contributed by atoms with van der Waals surface area (Å²) in [4.78, 5) is 0. The standard InChI is InChI=1S/C9H11F3N2O/c1-15-8-4-6(5-14-13)2-3-7(8)9(10,11)12/h2-4,14H,5,13H2,1H3. The van der Waals surface area contributed by atoms with Crippen LogP contribution in [-0.2, 0) is 12.7 Å². The summed E-state index contributed by atoms with van der Waals surface area (Å²) < 4.78 is 42.0. The summed E-state index contributed by atoms with van der Waals surface area (Å²) in [6.45, 7) is 0.286. The number of hydrogen-bond acceptors (Lipinski definition) is 3. The molecule has 15 heavy (non-hydrogen) atoms. The number of halogens is 3. The second-order valence-electron chi connectivity index (χ2n) is 2.91. The highest BCUT2D eigenvalue weighted by Gasteiger charge is 2.34. The van der Waals surface area contributed by atoms with Crippen molar-refractivity contribution in [3.63, 3.8) is 0 Å². The van der Waals surface area contributed by atoms with E-state index in [1.54, 1.807) is 0 Å². The number of nitrogens with one attached hydrogen (secondary N) is 1. The highest BCUT2D eigenvalue weighted by Crippen LogP contribution is 2.36. The molecule has 0 radical (unpaired) electrons. The maximum absolute atomic E-state index is 12.4. The fourth-order valence-electron chi connectivity index (χ4n) is 1.20. The molecule has 6 heteroatoms. The molecular formula is C9H11F3N2O. The Hall–Kier alpha value is -1.27. The Bertz CT molecular complexity index is 339. The molecule has 0 aliphatic rings. The third-order valence-corrected chi connectivity index (χ3v) is 1.88. The molecule has 3 N–H and O–H groups in total. The molecular weight excluding hydrogens is 209 g/mol. The van der Waals surface area contributed by atoms with E-state index in [1.807, 2.05) is 0 Å². The van der Waals surface area contributed by atoms with Gasteiger partial charge in [-0.3, -0.25) is 11.3 Å². The van der Waals surface area contributed by atoms with Gasteiger partial charge in [0.25, 0.3) is 0 Å². The van der Waals surface area contributed by atoms with Gasteiger partial charge in [-0.25, -0.2) is 0 Å². The van der Waals surface area contributed by atoms with Crippen molar-refractivity contribution in [2.24, 2.45) is 5.84 Å². The molecule has 0 aliphatic carbocycles. The average Bonchev–Trinajstić information content (AvgIpc) is 2.16. The van der Waals surface area contributed by atoms with E-state index in [1.165, 1.54) is 19.2 Å². The number of hydrogen-bond donors (Lipinski definition) is 2. The van der Waals surface area contributed by atoms with Crippen LogP contribution >= 0.6 is 0 Å². The van der Waals surface area contributed by atoms with E-state index in [2.05, 4.69) is 10.2 Å². The number of alkyl halides is 3. The molecule has 0 atom stereocenters. The van der Waals surface area contributed by atoms with Crippen LogP contribution in [0.25, 0.3) is 0 Å². The lowest BCUT2D eigenvalue weighted by atomic mass is 10.1. The molecule has 0 aromatic heterocycles. The normalized spacial score (nSPS) is 11.5. The Morgan fingerprint density at radius 1 is 1.40 bits per heavy atom. The van der Waals surface area contributed by atoms with Gasteiger partial charge in [-0.1, -0.05) is 6.07 Å². The van der Waals surface area contributed by atoms with E-state index < -0.39 is 11.7 Å². The summed E-state index contributed by atoms with van der Waals surface area (Å²) in [5, 5.41) is 0. The SMILES string of the molecule is COc1cc(CNN)ccc1C(F)(F)F. The Balaban J connectivity index is 3.09. The van der Waals surface area contributed by atoms with Crippen molar-refractivity contribution in [1.29, 1.82) is 0 Å². The third-order valence-electron chi connectivity index (χ3n) is 1.88. The molecule has 0 spiro atoms. The third kappa shape index (κ3) is 2.84. The zero-order valence-corrected chi connectivity index (χ0v) is 8.06. The van der Waals surface area contributed by atoms with Gasteiger partial charge in [-0.05, 0) is 17.7 Å². The number of benzene rings is 1. The first kappa shape index (κ1) is 11.8. The minimum absolute atomic E-state index is 0.199. The summed E-state index contributed by atoms with van der Waals surface area (Å²) in [5.74, 6) is 4.86. The Morgan fingerprint density at radius 3 is 2.53 bits per heavy atom. The van der Waals surface area contributed by atoms with Crippen molar-refractivity contribution in [3.8, 4) is 5.75 Å². The predicted molar refractivity (Wildman–Crippen MR) is 49.0 cm³/mol. The fraction of sp³-hybridized carbons (Fsp3) is 0.333. The van der Waals surface area contributed by atoms with Crippen LogP contribution in [0.2, 0.25) is 0 Å². The molecule has 0 saturated carbocycles. The quantitative estimate of drug-likeness (QED) is 0.601. The van der Waals surface area contributed by atoms with Gasteiger partial charge in [-0.2, -0.15) is 13.2 Å². The Labute approximate surface area is 85.0 Å². The molecule has 0 fully saturated rings. The molecule has 0 saturated heterocycles. The van der Waals surface area contributed by atoms with Crippen LogP contribution in [0.5, 0.6) is 5.75 Å². The lowest BCUT2D eigenvalue weighted by Gasteiger charge is -2.12. The van der Waals surface area contributed by atoms with E-state index in [4.69, 9.17) is 5.84 Å².